The largest absolute Gasteiger partial charge is 0.457 e. The molecule has 1 N–H and O–H groups in total. The molecular weight excluding hydrogens is 396 g/mol. The van der Waals surface area contributed by atoms with E-state index in [0.29, 0.717) is 16.6 Å². The van der Waals surface area contributed by atoms with E-state index in [9.17, 15) is 4.79 Å². The van der Waals surface area contributed by atoms with E-state index >= 15 is 0 Å². The van der Waals surface area contributed by atoms with Crippen molar-refractivity contribution in [3.05, 3.63) is 95.0 Å². The summed E-state index contributed by atoms with van der Waals surface area (Å²) in [5.41, 5.74) is 1.38. The van der Waals surface area contributed by atoms with Crippen LogP contribution >= 0.6 is 11.8 Å². The second-order valence-corrected chi connectivity index (χ2v) is 7.56. The van der Waals surface area contributed by atoms with Crippen LogP contribution in [-0.2, 0) is 4.79 Å². The molecule has 5 rings (SSSR count). The van der Waals surface area contributed by atoms with E-state index in [-0.39, 0.29) is 5.91 Å². The van der Waals surface area contributed by atoms with Crippen LogP contribution in [0.15, 0.2) is 89.0 Å². The topological polar surface area (TPSA) is 66.3 Å². The fourth-order valence-corrected chi connectivity index (χ4v) is 3.86. The highest BCUT2D eigenvalue weighted by atomic mass is 32.2. The summed E-state index contributed by atoms with van der Waals surface area (Å²) in [7, 11) is 0. The van der Waals surface area contributed by atoms with E-state index in [1.165, 1.54) is 11.8 Å². The summed E-state index contributed by atoms with van der Waals surface area (Å²) >= 11 is 1.39. The third-order valence-corrected chi connectivity index (χ3v) is 5.41. The summed E-state index contributed by atoms with van der Waals surface area (Å²) in [6.07, 6.45) is 1.41. The fraction of sp³-hybridized carbons (Fsp3) is 0.0870. The standard InChI is InChI=1S/C23H18N4O2S/c1-30-23-25-22(28)20-18-12-5-6-13-19(18)24-21(27(20)26-23)15-8-7-11-17(14-15)29-16-9-3-2-4-10-16/h2-14,21H,1H3,(H,25,26,28)/t21-/m0/s1. The van der Waals surface area contributed by atoms with Gasteiger partial charge in [0.05, 0.1) is 5.36 Å². The Kier molecular flexibility index (Phi) is 4.72. The van der Waals surface area contributed by atoms with Crippen LogP contribution in [-0.4, -0.2) is 22.3 Å². The first-order chi connectivity index (χ1) is 14.7. The summed E-state index contributed by atoms with van der Waals surface area (Å²) in [5.74, 6) is 1.27. The molecule has 30 heavy (non-hydrogen) atoms. The van der Waals surface area contributed by atoms with Gasteiger partial charge in [-0.15, -0.1) is 5.10 Å². The maximum Gasteiger partial charge on any atom is 0.276 e. The highest BCUT2D eigenvalue weighted by molar-refractivity contribution is 8.13. The molecule has 0 saturated heterocycles. The zero-order valence-electron chi connectivity index (χ0n) is 16.1. The number of hydrazone groups is 1. The fourth-order valence-electron chi connectivity index (χ4n) is 3.50. The Balaban J connectivity index is 1.61. The molecule has 0 bridgehead atoms. The number of fused-ring (bicyclic) bond motifs is 2. The van der Waals surface area contributed by atoms with Gasteiger partial charge in [0.2, 0.25) is 0 Å². The molecule has 2 aliphatic heterocycles. The Morgan fingerprint density at radius 3 is 2.57 bits per heavy atom. The summed E-state index contributed by atoms with van der Waals surface area (Å²) in [6, 6.07) is 25.0. The Morgan fingerprint density at radius 2 is 1.73 bits per heavy atom. The maximum absolute atomic E-state index is 12.9. The van der Waals surface area contributed by atoms with Gasteiger partial charge in [0, 0.05) is 10.8 Å². The molecule has 0 aromatic heterocycles. The number of rotatable bonds is 3. The molecule has 0 aliphatic carbocycles. The van der Waals surface area contributed by atoms with Gasteiger partial charge in [-0.2, -0.15) is 0 Å². The van der Waals surface area contributed by atoms with Crippen molar-refractivity contribution in [1.29, 1.82) is 0 Å². The molecule has 0 saturated carbocycles. The van der Waals surface area contributed by atoms with Crippen LogP contribution in [0.3, 0.4) is 0 Å². The number of nitrogens with one attached hydrogen (secondary N) is 1. The first kappa shape index (κ1) is 18.4. The molecule has 2 aliphatic rings. The number of carbonyl (C=O) groups excluding carboxylic acids is 1. The predicted molar refractivity (Wildman–Crippen MR) is 117 cm³/mol. The molecule has 1 amide bonds. The Labute approximate surface area is 177 Å². The molecule has 3 aromatic carbocycles. The minimum absolute atomic E-state index is 0.182. The second-order valence-electron chi connectivity index (χ2n) is 6.76. The van der Waals surface area contributed by atoms with E-state index in [1.54, 1.807) is 5.01 Å². The Hall–Kier alpha value is -3.58. The van der Waals surface area contributed by atoms with Crippen molar-refractivity contribution in [2.75, 3.05) is 6.26 Å². The Bertz CT molecular complexity index is 1270. The lowest BCUT2D eigenvalue weighted by Crippen LogP contribution is -2.50. The van der Waals surface area contributed by atoms with Crippen molar-refractivity contribution in [2.45, 2.75) is 6.17 Å². The normalized spacial score (nSPS) is 17.3. The van der Waals surface area contributed by atoms with Crippen LogP contribution in [0.5, 0.6) is 11.5 Å². The van der Waals surface area contributed by atoms with E-state index in [4.69, 9.17) is 9.73 Å². The first-order valence-corrected chi connectivity index (χ1v) is 10.7. The number of benzene rings is 3. The number of para-hydroxylation sites is 2. The number of hydrogen-bond donors (Lipinski definition) is 1. The van der Waals surface area contributed by atoms with Crippen molar-refractivity contribution in [1.82, 2.24) is 10.3 Å². The molecular formula is C23H18N4O2S. The van der Waals surface area contributed by atoms with Crippen molar-refractivity contribution in [2.24, 2.45) is 10.1 Å². The lowest BCUT2D eigenvalue weighted by molar-refractivity contribution is -0.116. The quantitative estimate of drug-likeness (QED) is 0.716. The van der Waals surface area contributed by atoms with Gasteiger partial charge in [0.1, 0.15) is 17.2 Å². The number of thioether (sulfide) groups is 1. The van der Waals surface area contributed by atoms with Crippen molar-refractivity contribution >= 4 is 28.5 Å². The zero-order valence-corrected chi connectivity index (χ0v) is 17.0. The summed E-state index contributed by atoms with van der Waals surface area (Å²) in [5, 5.41) is 11.3. The molecule has 2 heterocycles. The minimum atomic E-state index is -0.470. The average Bonchev–Trinajstić information content (AvgIpc) is 2.79. The van der Waals surface area contributed by atoms with Gasteiger partial charge in [-0.25, -0.2) is 5.01 Å². The highest BCUT2D eigenvalue weighted by Gasteiger charge is 2.34. The van der Waals surface area contributed by atoms with Gasteiger partial charge >= 0.3 is 0 Å². The van der Waals surface area contributed by atoms with E-state index < -0.39 is 6.17 Å². The number of hydrogen-bond acceptors (Lipinski definition) is 6. The highest BCUT2D eigenvalue weighted by Crippen LogP contribution is 2.33. The van der Waals surface area contributed by atoms with Crippen LogP contribution < -0.4 is 20.6 Å². The molecule has 3 aromatic rings. The van der Waals surface area contributed by atoms with Gasteiger partial charge in [-0.05, 0) is 36.6 Å². The van der Waals surface area contributed by atoms with Crippen molar-refractivity contribution in [3.8, 4) is 11.5 Å². The van der Waals surface area contributed by atoms with Crippen LogP contribution in [0.4, 0.5) is 0 Å². The molecule has 148 valence electrons. The second kappa shape index (κ2) is 7.68. The van der Waals surface area contributed by atoms with Crippen LogP contribution in [0, 0.1) is 0 Å². The molecule has 0 spiro atoms. The summed E-state index contributed by atoms with van der Waals surface area (Å²) < 4.78 is 5.99. The number of ether oxygens (including phenoxy) is 1. The SMILES string of the molecule is CSC1=NN2C(=c3ccccc3=N[C@@H]2c2cccc(Oc3ccccc3)c2)C(=O)N1. The first-order valence-electron chi connectivity index (χ1n) is 9.46. The average molecular weight is 414 g/mol. The van der Waals surface area contributed by atoms with Gasteiger partial charge in [0.15, 0.2) is 11.3 Å². The third-order valence-electron chi connectivity index (χ3n) is 4.84. The zero-order chi connectivity index (χ0) is 20.5. The molecule has 1 atom stereocenters. The maximum atomic E-state index is 12.9. The van der Waals surface area contributed by atoms with Crippen LogP contribution in [0.25, 0.3) is 5.70 Å². The van der Waals surface area contributed by atoms with Crippen molar-refractivity contribution < 1.29 is 9.53 Å². The van der Waals surface area contributed by atoms with Crippen molar-refractivity contribution in [3.63, 3.8) is 0 Å². The van der Waals surface area contributed by atoms with Crippen LogP contribution in [0.1, 0.15) is 11.7 Å². The number of nitrogens with zero attached hydrogens (tertiary/aromatic N) is 3. The summed E-state index contributed by atoms with van der Waals surface area (Å²) in [6.45, 7) is 0. The number of amidine groups is 1. The van der Waals surface area contributed by atoms with Gasteiger partial charge in [0.25, 0.3) is 5.91 Å². The van der Waals surface area contributed by atoms with E-state index in [2.05, 4.69) is 10.4 Å². The molecule has 7 heteroatoms. The molecule has 0 unspecified atom stereocenters. The smallest absolute Gasteiger partial charge is 0.276 e. The Morgan fingerprint density at radius 1 is 0.967 bits per heavy atom. The lowest BCUT2D eigenvalue weighted by Gasteiger charge is -2.34. The van der Waals surface area contributed by atoms with Gasteiger partial charge < -0.3 is 4.74 Å². The van der Waals surface area contributed by atoms with Gasteiger partial charge in [-0.1, -0.05) is 60.3 Å². The molecule has 0 fully saturated rings. The number of carbonyl (C=O) groups is 1. The lowest BCUT2D eigenvalue weighted by atomic mass is 10.1. The minimum Gasteiger partial charge on any atom is -0.457 e. The summed E-state index contributed by atoms with van der Waals surface area (Å²) in [4.78, 5) is 17.8. The van der Waals surface area contributed by atoms with Gasteiger partial charge in [-0.3, -0.25) is 15.1 Å². The predicted octanol–water partition coefficient (Wildman–Crippen LogP) is 2.98. The third kappa shape index (κ3) is 3.33. The van der Waals surface area contributed by atoms with E-state index in [0.717, 1.165) is 21.9 Å². The molecule has 6 nitrogen and oxygen atoms in total. The molecule has 0 radical (unpaired) electrons. The number of amides is 1. The monoisotopic (exact) mass is 414 g/mol. The van der Waals surface area contributed by atoms with E-state index in [1.807, 2.05) is 85.1 Å². The van der Waals surface area contributed by atoms with Crippen LogP contribution in [0.2, 0.25) is 0 Å².